The molecule has 0 aliphatic carbocycles. The predicted molar refractivity (Wildman–Crippen MR) is 152 cm³/mol. The fourth-order valence-electron chi connectivity index (χ4n) is 3.69. The average Bonchev–Trinajstić information content (AvgIpc) is 2.90. The van der Waals surface area contributed by atoms with E-state index in [9.17, 15) is 10.1 Å². The van der Waals surface area contributed by atoms with Crippen LogP contribution >= 0.6 is 39.1 Å². The molecule has 0 fully saturated rings. The second-order valence-electron chi connectivity index (χ2n) is 7.93. The van der Waals surface area contributed by atoms with Gasteiger partial charge < -0.3 is 14.8 Å². The van der Waals surface area contributed by atoms with E-state index in [4.69, 9.17) is 32.7 Å². The molecule has 37 heavy (non-hydrogen) atoms. The molecule has 0 saturated heterocycles. The van der Waals surface area contributed by atoms with Crippen LogP contribution in [-0.4, -0.2) is 12.5 Å². The lowest BCUT2D eigenvalue weighted by Gasteiger charge is -2.15. The predicted octanol–water partition coefficient (Wildman–Crippen LogP) is 8.43. The number of rotatable bonds is 8. The molecule has 0 aliphatic rings. The number of carbonyl (C=O) groups is 1. The van der Waals surface area contributed by atoms with E-state index in [1.165, 1.54) is 12.1 Å². The molecule has 0 aromatic heterocycles. The SMILES string of the molecule is CCOc1cc(/C=C(\C#N)C(=O)Nc2ccc(Cl)c(Cl)c2)c(Br)cc1OCc1cccc2ccccc12. The number of nitriles is 1. The average molecular weight is 596 g/mol. The van der Waals surface area contributed by atoms with Crippen molar-refractivity contribution >= 4 is 67.6 Å². The molecule has 1 amide bonds. The van der Waals surface area contributed by atoms with Crippen LogP contribution in [-0.2, 0) is 11.4 Å². The summed E-state index contributed by atoms with van der Waals surface area (Å²) >= 11 is 15.5. The lowest BCUT2D eigenvalue weighted by Crippen LogP contribution is -2.13. The maximum Gasteiger partial charge on any atom is 0.266 e. The van der Waals surface area contributed by atoms with E-state index in [1.807, 2.05) is 37.3 Å². The molecule has 186 valence electrons. The molecular weight excluding hydrogens is 575 g/mol. The third-order valence-corrected chi connectivity index (χ3v) is 6.89. The Labute approximate surface area is 233 Å². The molecule has 1 N–H and O–H groups in total. The van der Waals surface area contributed by atoms with Gasteiger partial charge in [0.15, 0.2) is 11.5 Å². The molecule has 0 bridgehead atoms. The van der Waals surface area contributed by atoms with Crippen molar-refractivity contribution in [2.24, 2.45) is 0 Å². The first-order chi connectivity index (χ1) is 17.9. The monoisotopic (exact) mass is 594 g/mol. The van der Waals surface area contributed by atoms with Gasteiger partial charge in [0.25, 0.3) is 5.91 Å². The van der Waals surface area contributed by atoms with Crippen LogP contribution in [0.15, 0.2) is 82.8 Å². The van der Waals surface area contributed by atoms with Gasteiger partial charge in [-0.15, -0.1) is 0 Å². The maximum absolute atomic E-state index is 12.8. The molecule has 0 spiro atoms. The van der Waals surface area contributed by atoms with Gasteiger partial charge in [0, 0.05) is 10.2 Å². The van der Waals surface area contributed by atoms with Gasteiger partial charge in [-0.05, 0) is 65.2 Å². The van der Waals surface area contributed by atoms with Gasteiger partial charge in [-0.25, -0.2) is 0 Å². The van der Waals surface area contributed by atoms with Crippen LogP contribution < -0.4 is 14.8 Å². The van der Waals surface area contributed by atoms with Gasteiger partial charge in [0.05, 0.1) is 16.7 Å². The first kappa shape index (κ1) is 26.6. The third kappa shape index (κ3) is 6.44. The van der Waals surface area contributed by atoms with E-state index >= 15 is 0 Å². The molecule has 0 atom stereocenters. The molecular formula is C29H21BrCl2N2O3. The highest BCUT2D eigenvalue weighted by molar-refractivity contribution is 9.10. The van der Waals surface area contributed by atoms with Gasteiger partial charge in [-0.1, -0.05) is 81.6 Å². The lowest BCUT2D eigenvalue weighted by atomic mass is 10.1. The normalized spacial score (nSPS) is 11.2. The highest BCUT2D eigenvalue weighted by atomic mass is 79.9. The molecule has 0 heterocycles. The molecule has 4 rings (SSSR count). The van der Waals surface area contributed by atoms with E-state index in [0.29, 0.717) is 50.5 Å². The maximum atomic E-state index is 12.8. The topological polar surface area (TPSA) is 71.3 Å². The number of hydrogen-bond acceptors (Lipinski definition) is 4. The van der Waals surface area contributed by atoms with Gasteiger partial charge >= 0.3 is 0 Å². The number of benzene rings is 4. The molecule has 0 aliphatic heterocycles. The number of anilines is 1. The Hall–Kier alpha value is -3.50. The summed E-state index contributed by atoms with van der Waals surface area (Å²) in [7, 11) is 0. The summed E-state index contributed by atoms with van der Waals surface area (Å²) in [6, 6.07) is 24.4. The number of ether oxygens (including phenoxy) is 2. The van der Waals surface area contributed by atoms with Crippen molar-refractivity contribution in [1.82, 2.24) is 0 Å². The summed E-state index contributed by atoms with van der Waals surface area (Å²) < 4.78 is 12.6. The van der Waals surface area contributed by atoms with Crippen LogP contribution in [0.4, 0.5) is 5.69 Å². The van der Waals surface area contributed by atoms with Gasteiger partial charge in [-0.2, -0.15) is 5.26 Å². The number of nitrogens with zero attached hydrogens (tertiary/aromatic N) is 1. The Morgan fingerprint density at radius 3 is 2.51 bits per heavy atom. The van der Waals surface area contributed by atoms with Crippen molar-refractivity contribution < 1.29 is 14.3 Å². The quantitative estimate of drug-likeness (QED) is 0.164. The van der Waals surface area contributed by atoms with Crippen LogP contribution in [0.3, 0.4) is 0 Å². The Balaban J connectivity index is 1.59. The van der Waals surface area contributed by atoms with Crippen molar-refractivity contribution in [2.45, 2.75) is 13.5 Å². The zero-order valence-corrected chi connectivity index (χ0v) is 22.8. The highest BCUT2D eigenvalue weighted by Crippen LogP contribution is 2.36. The van der Waals surface area contributed by atoms with Crippen LogP contribution in [0, 0.1) is 11.3 Å². The minimum atomic E-state index is -0.581. The first-order valence-electron chi connectivity index (χ1n) is 11.3. The highest BCUT2D eigenvalue weighted by Gasteiger charge is 2.15. The smallest absolute Gasteiger partial charge is 0.266 e. The number of nitrogens with one attached hydrogen (secondary N) is 1. The van der Waals surface area contributed by atoms with Crippen LogP contribution in [0.5, 0.6) is 11.5 Å². The van der Waals surface area contributed by atoms with E-state index in [-0.39, 0.29) is 5.57 Å². The summed E-state index contributed by atoms with van der Waals surface area (Å²) in [5, 5.41) is 15.2. The minimum absolute atomic E-state index is 0.0985. The van der Waals surface area contributed by atoms with E-state index in [1.54, 1.807) is 24.3 Å². The molecule has 0 radical (unpaired) electrons. The van der Waals surface area contributed by atoms with Gasteiger partial charge in [-0.3, -0.25) is 4.79 Å². The van der Waals surface area contributed by atoms with Crippen LogP contribution in [0.2, 0.25) is 10.0 Å². The number of amides is 1. The molecule has 8 heteroatoms. The van der Waals surface area contributed by atoms with Gasteiger partial charge in [0.2, 0.25) is 0 Å². The van der Waals surface area contributed by atoms with Crippen molar-refractivity contribution in [2.75, 3.05) is 11.9 Å². The van der Waals surface area contributed by atoms with Crippen LogP contribution in [0.25, 0.3) is 16.8 Å². The molecule has 4 aromatic rings. The van der Waals surface area contributed by atoms with E-state index < -0.39 is 5.91 Å². The number of fused-ring (bicyclic) bond motifs is 1. The van der Waals surface area contributed by atoms with E-state index in [2.05, 4.69) is 39.4 Å². The van der Waals surface area contributed by atoms with Crippen molar-refractivity contribution in [3.63, 3.8) is 0 Å². The Bertz CT molecular complexity index is 1540. The fraction of sp³-hybridized carbons (Fsp3) is 0.103. The molecule has 0 unspecified atom stereocenters. The standard InChI is InChI=1S/C29H21BrCl2N2O3/c1-2-36-27-13-20(12-21(16-33)29(35)34-22-10-11-25(31)26(32)14-22)24(30)15-28(27)37-17-19-8-5-7-18-6-3-4-9-23(18)19/h3-15H,2,17H2,1H3,(H,34,35)/b21-12+. The fourth-order valence-corrected chi connectivity index (χ4v) is 4.43. The number of carbonyl (C=O) groups excluding carboxylic acids is 1. The van der Waals surface area contributed by atoms with Crippen molar-refractivity contribution in [1.29, 1.82) is 5.26 Å². The Morgan fingerprint density at radius 1 is 1.00 bits per heavy atom. The Kier molecular flexibility index (Phi) is 8.73. The largest absolute Gasteiger partial charge is 0.490 e. The number of halogens is 3. The summed E-state index contributed by atoms with van der Waals surface area (Å²) in [5.41, 5.74) is 1.96. The van der Waals surface area contributed by atoms with Gasteiger partial charge in [0.1, 0.15) is 18.2 Å². The lowest BCUT2D eigenvalue weighted by molar-refractivity contribution is -0.112. The second kappa shape index (κ2) is 12.2. The summed E-state index contributed by atoms with van der Waals surface area (Å²) in [5.74, 6) is 0.457. The number of hydrogen-bond donors (Lipinski definition) is 1. The molecule has 5 nitrogen and oxygen atoms in total. The zero-order chi connectivity index (χ0) is 26.4. The van der Waals surface area contributed by atoms with Crippen LogP contribution in [0.1, 0.15) is 18.1 Å². The molecule has 4 aromatic carbocycles. The Morgan fingerprint density at radius 2 is 1.76 bits per heavy atom. The summed E-state index contributed by atoms with van der Waals surface area (Å²) in [4.78, 5) is 12.8. The first-order valence-corrected chi connectivity index (χ1v) is 12.9. The third-order valence-electron chi connectivity index (χ3n) is 5.47. The van der Waals surface area contributed by atoms with Crippen molar-refractivity contribution in [3.05, 3.63) is 104 Å². The minimum Gasteiger partial charge on any atom is -0.490 e. The zero-order valence-electron chi connectivity index (χ0n) is 19.7. The molecule has 0 saturated carbocycles. The summed E-state index contributed by atoms with van der Waals surface area (Å²) in [6.07, 6.45) is 1.48. The summed E-state index contributed by atoms with van der Waals surface area (Å²) in [6.45, 7) is 2.63. The van der Waals surface area contributed by atoms with Crippen molar-refractivity contribution in [3.8, 4) is 17.6 Å². The van der Waals surface area contributed by atoms with E-state index in [0.717, 1.165) is 16.3 Å². The second-order valence-corrected chi connectivity index (χ2v) is 9.60.